The molecule has 102 valence electrons. The van der Waals surface area contributed by atoms with Crippen LogP contribution in [0.3, 0.4) is 0 Å². The summed E-state index contributed by atoms with van der Waals surface area (Å²) in [5.41, 5.74) is 0.878. The van der Waals surface area contributed by atoms with E-state index in [2.05, 4.69) is 5.32 Å². The Morgan fingerprint density at radius 1 is 1.22 bits per heavy atom. The number of benzene rings is 1. The van der Waals surface area contributed by atoms with E-state index in [9.17, 15) is 5.11 Å². The van der Waals surface area contributed by atoms with Crippen LogP contribution in [0.1, 0.15) is 13.8 Å². The lowest BCUT2D eigenvalue weighted by Gasteiger charge is -2.30. The average molecular weight is 274 g/mol. The summed E-state index contributed by atoms with van der Waals surface area (Å²) in [6.45, 7) is 4.62. The van der Waals surface area contributed by atoms with Crippen LogP contribution in [-0.4, -0.2) is 36.2 Å². The fraction of sp³-hybridized carbons (Fsp3) is 0.538. The molecule has 1 atom stereocenters. The molecule has 0 aliphatic rings. The molecular weight excluding hydrogens is 254 g/mol. The largest absolute Gasteiger partial charge is 0.381 e. The maximum atomic E-state index is 10.2. The molecule has 0 aromatic heterocycles. The van der Waals surface area contributed by atoms with Crippen LogP contribution >= 0.6 is 11.6 Å². The standard InChI is InChI=1S/C13H20ClNO3/c1-3-17-12(18-4-2)13(14,16)10-15-11-8-6-5-7-9-11/h5-9,12,15-16H,3-4,10H2,1-2H3. The zero-order valence-corrected chi connectivity index (χ0v) is 11.5. The predicted molar refractivity (Wildman–Crippen MR) is 72.8 cm³/mol. The third-order valence-electron chi connectivity index (χ3n) is 2.31. The van der Waals surface area contributed by atoms with Crippen LogP contribution in [0, 0.1) is 0 Å². The second-order valence-electron chi connectivity index (χ2n) is 3.78. The highest BCUT2D eigenvalue weighted by molar-refractivity contribution is 6.23. The lowest BCUT2D eigenvalue weighted by atomic mass is 10.3. The van der Waals surface area contributed by atoms with Gasteiger partial charge in [-0.3, -0.25) is 0 Å². The van der Waals surface area contributed by atoms with E-state index in [0.29, 0.717) is 13.2 Å². The molecule has 4 nitrogen and oxygen atoms in total. The molecule has 0 aliphatic heterocycles. The van der Waals surface area contributed by atoms with Crippen LogP contribution < -0.4 is 5.32 Å². The van der Waals surface area contributed by atoms with Gasteiger partial charge in [-0.15, -0.1) is 0 Å². The van der Waals surface area contributed by atoms with Gasteiger partial charge in [-0.2, -0.15) is 0 Å². The van der Waals surface area contributed by atoms with Crippen LogP contribution in [-0.2, 0) is 9.47 Å². The van der Waals surface area contributed by atoms with Crippen molar-refractivity contribution in [3.05, 3.63) is 30.3 Å². The first-order valence-electron chi connectivity index (χ1n) is 6.03. The van der Waals surface area contributed by atoms with E-state index in [1.54, 1.807) is 0 Å². The number of para-hydroxylation sites is 1. The normalized spacial score (nSPS) is 14.5. The minimum absolute atomic E-state index is 0.128. The first-order valence-corrected chi connectivity index (χ1v) is 6.41. The van der Waals surface area contributed by atoms with Crippen LogP contribution in [0.25, 0.3) is 0 Å². The van der Waals surface area contributed by atoms with Crippen molar-refractivity contribution in [3.8, 4) is 0 Å². The maximum absolute atomic E-state index is 10.2. The van der Waals surface area contributed by atoms with Crippen LogP contribution in [0.2, 0.25) is 0 Å². The third-order valence-corrected chi connectivity index (χ3v) is 2.62. The molecule has 0 saturated carbocycles. The summed E-state index contributed by atoms with van der Waals surface area (Å²) in [5.74, 6) is 0. The molecule has 1 aromatic rings. The molecule has 0 radical (unpaired) electrons. The molecule has 1 rings (SSSR count). The number of hydrogen-bond acceptors (Lipinski definition) is 4. The van der Waals surface area contributed by atoms with Crippen molar-refractivity contribution >= 4 is 17.3 Å². The smallest absolute Gasteiger partial charge is 0.207 e. The molecule has 0 spiro atoms. The molecule has 18 heavy (non-hydrogen) atoms. The summed E-state index contributed by atoms with van der Waals surface area (Å²) in [4.78, 5) is 0. The summed E-state index contributed by atoms with van der Waals surface area (Å²) >= 11 is 6.05. The zero-order valence-electron chi connectivity index (χ0n) is 10.7. The molecule has 0 saturated heterocycles. The Hall–Kier alpha value is -0.810. The quantitative estimate of drug-likeness (QED) is 0.564. The van der Waals surface area contributed by atoms with Crippen LogP contribution in [0.4, 0.5) is 5.69 Å². The van der Waals surface area contributed by atoms with Gasteiger partial charge in [0.25, 0.3) is 0 Å². The van der Waals surface area contributed by atoms with E-state index in [0.717, 1.165) is 5.69 Å². The van der Waals surface area contributed by atoms with Crippen molar-refractivity contribution < 1.29 is 14.6 Å². The van der Waals surface area contributed by atoms with E-state index in [1.807, 2.05) is 44.2 Å². The number of aliphatic hydroxyl groups is 1. The average Bonchev–Trinajstić information content (AvgIpc) is 2.37. The lowest BCUT2D eigenvalue weighted by molar-refractivity contribution is -0.201. The molecule has 0 amide bonds. The minimum atomic E-state index is -1.61. The van der Waals surface area contributed by atoms with Crippen molar-refractivity contribution in [1.29, 1.82) is 0 Å². The van der Waals surface area contributed by atoms with Gasteiger partial charge in [-0.1, -0.05) is 29.8 Å². The van der Waals surface area contributed by atoms with E-state index < -0.39 is 11.4 Å². The van der Waals surface area contributed by atoms with Gasteiger partial charge in [0.15, 0.2) is 0 Å². The van der Waals surface area contributed by atoms with Crippen molar-refractivity contribution in [2.45, 2.75) is 25.2 Å². The second kappa shape index (κ2) is 7.59. The molecular formula is C13H20ClNO3. The Kier molecular flexibility index (Phi) is 6.43. The van der Waals surface area contributed by atoms with E-state index in [4.69, 9.17) is 21.1 Å². The first-order chi connectivity index (χ1) is 8.60. The highest BCUT2D eigenvalue weighted by Crippen LogP contribution is 2.21. The minimum Gasteiger partial charge on any atom is -0.381 e. The van der Waals surface area contributed by atoms with Crippen molar-refractivity contribution in [3.63, 3.8) is 0 Å². The second-order valence-corrected chi connectivity index (χ2v) is 4.44. The number of anilines is 1. The fourth-order valence-electron chi connectivity index (χ4n) is 1.47. The number of halogens is 1. The van der Waals surface area contributed by atoms with Gasteiger partial charge < -0.3 is 19.9 Å². The molecule has 0 fully saturated rings. The summed E-state index contributed by atoms with van der Waals surface area (Å²) in [7, 11) is 0. The summed E-state index contributed by atoms with van der Waals surface area (Å²) in [6, 6.07) is 9.50. The Morgan fingerprint density at radius 2 is 1.78 bits per heavy atom. The van der Waals surface area contributed by atoms with Gasteiger partial charge in [0, 0.05) is 18.9 Å². The van der Waals surface area contributed by atoms with Gasteiger partial charge >= 0.3 is 0 Å². The SMILES string of the molecule is CCOC(OCC)C(O)(Cl)CNc1ccccc1. The summed E-state index contributed by atoms with van der Waals surface area (Å²) in [6.07, 6.45) is -0.856. The van der Waals surface area contributed by atoms with Crippen molar-refractivity contribution in [2.24, 2.45) is 0 Å². The maximum Gasteiger partial charge on any atom is 0.207 e. The summed E-state index contributed by atoms with van der Waals surface area (Å²) < 4.78 is 10.6. The van der Waals surface area contributed by atoms with Crippen molar-refractivity contribution in [1.82, 2.24) is 0 Å². The first kappa shape index (κ1) is 15.2. The van der Waals surface area contributed by atoms with Gasteiger partial charge in [-0.25, -0.2) is 0 Å². The third kappa shape index (κ3) is 4.82. The molecule has 1 unspecified atom stereocenters. The number of ether oxygens (including phenoxy) is 2. The van der Waals surface area contributed by atoms with Gasteiger partial charge in [-0.05, 0) is 26.0 Å². The van der Waals surface area contributed by atoms with E-state index in [1.165, 1.54) is 0 Å². The monoisotopic (exact) mass is 273 g/mol. The zero-order chi connectivity index (χ0) is 13.4. The molecule has 0 bridgehead atoms. The molecule has 0 aliphatic carbocycles. The topological polar surface area (TPSA) is 50.7 Å². The highest BCUT2D eigenvalue weighted by atomic mass is 35.5. The van der Waals surface area contributed by atoms with Gasteiger partial charge in [0.2, 0.25) is 11.4 Å². The number of hydrogen-bond donors (Lipinski definition) is 2. The number of rotatable bonds is 8. The summed E-state index contributed by atoms with van der Waals surface area (Å²) in [5, 5.41) is 11.6. The Morgan fingerprint density at radius 3 is 2.28 bits per heavy atom. The number of alkyl halides is 1. The van der Waals surface area contributed by atoms with E-state index >= 15 is 0 Å². The Bertz CT molecular complexity index is 326. The fourth-order valence-corrected chi connectivity index (χ4v) is 1.66. The molecule has 0 heterocycles. The number of nitrogens with one attached hydrogen (secondary N) is 1. The molecule has 2 N–H and O–H groups in total. The van der Waals surface area contributed by atoms with E-state index in [-0.39, 0.29) is 6.54 Å². The Labute approximate surface area is 113 Å². The van der Waals surface area contributed by atoms with Gasteiger partial charge in [0.1, 0.15) is 0 Å². The van der Waals surface area contributed by atoms with Gasteiger partial charge in [0.05, 0.1) is 6.54 Å². The molecule has 1 aromatic carbocycles. The highest BCUT2D eigenvalue weighted by Gasteiger charge is 2.36. The van der Waals surface area contributed by atoms with Crippen molar-refractivity contribution in [2.75, 3.05) is 25.1 Å². The lowest BCUT2D eigenvalue weighted by Crippen LogP contribution is -2.46. The Balaban J connectivity index is 2.55. The predicted octanol–water partition coefficient (Wildman–Crippen LogP) is 2.43. The molecule has 5 heteroatoms. The van der Waals surface area contributed by atoms with Crippen LogP contribution in [0.5, 0.6) is 0 Å². The van der Waals surface area contributed by atoms with Crippen LogP contribution in [0.15, 0.2) is 30.3 Å².